The Hall–Kier alpha value is -4.05. The maximum Gasteiger partial charge on any atom is 0.269 e. The lowest BCUT2D eigenvalue weighted by molar-refractivity contribution is 0.0942. The summed E-state index contributed by atoms with van der Waals surface area (Å²) in [5.41, 5.74) is 5.93. The lowest BCUT2D eigenvalue weighted by Crippen LogP contribution is -2.46. The molecular weight excluding hydrogens is 454 g/mol. The number of hydrogen-bond acceptors (Lipinski definition) is 7. The minimum Gasteiger partial charge on any atom is -0.352 e. The van der Waals surface area contributed by atoms with Crippen molar-refractivity contribution in [1.29, 1.82) is 0 Å². The summed E-state index contributed by atoms with van der Waals surface area (Å²) in [5, 5.41) is 7.31. The Morgan fingerprint density at radius 2 is 1.75 bits per heavy atom. The zero-order chi connectivity index (χ0) is 25.1. The summed E-state index contributed by atoms with van der Waals surface area (Å²) < 4.78 is 3.63. The van der Waals surface area contributed by atoms with Crippen LogP contribution in [0.2, 0.25) is 0 Å². The Bertz CT molecular complexity index is 1330. The fraction of sp³-hybridized carbons (Fsp3) is 0.346. The highest BCUT2D eigenvalue weighted by Gasteiger charge is 2.22. The molecule has 0 spiro atoms. The topological polar surface area (TPSA) is 97.0 Å². The van der Waals surface area contributed by atoms with E-state index < -0.39 is 0 Å². The van der Waals surface area contributed by atoms with Crippen molar-refractivity contribution in [2.24, 2.45) is 14.1 Å². The van der Waals surface area contributed by atoms with Crippen molar-refractivity contribution < 1.29 is 4.79 Å². The number of aromatic nitrogens is 6. The van der Waals surface area contributed by atoms with Crippen molar-refractivity contribution in [1.82, 2.24) is 39.5 Å². The smallest absolute Gasteiger partial charge is 0.269 e. The van der Waals surface area contributed by atoms with Crippen LogP contribution < -0.4 is 10.2 Å². The van der Waals surface area contributed by atoms with E-state index in [1.54, 1.807) is 36.5 Å². The van der Waals surface area contributed by atoms with E-state index in [2.05, 4.69) is 37.1 Å². The number of benzene rings is 1. The second-order valence-corrected chi connectivity index (χ2v) is 9.14. The van der Waals surface area contributed by atoms with Crippen molar-refractivity contribution in [3.8, 4) is 11.3 Å². The maximum absolute atomic E-state index is 12.3. The van der Waals surface area contributed by atoms with Crippen molar-refractivity contribution in [3.63, 3.8) is 0 Å². The number of piperazine rings is 1. The molecule has 3 aromatic heterocycles. The third-order valence-electron chi connectivity index (χ3n) is 6.81. The molecule has 0 bridgehead atoms. The Morgan fingerprint density at radius 3 is 2.42 bits per heavy atom. The first-order valence-corrected chi connectivity index (χ1v) is 12.1. The number of anilines is 1. The van der Waals surface area contributed by atoms with Crippen LogP contribution >= 0.6 is 0 Å². The molecule has 36 heavy (non-hydrogen) atoms. The molecule has 186 valence electrons. The lowest BCUT2D eigenvalue weighted by atomic mass is 10.1. The van der Waals surface area contributed by atoms with E-state index in [9.17, 15) is 4.79 Å². The summed E-state index contributed by atoms with van der Waals surface area (Å²) in [6, 6.07) is 8.12. The zero-order valence-electron chi connectivity index (χ0n) is 20.9. The van der Waals surface area contributed by atoms with Gasteiger partial charge in [0.1, 0.15) is 11.4 Å². The first-order valence-electron chi connectivity index (χ1n) is 12.1. The molecule has 1 aliphatic rings. The average Bonchev–Trinajstić information content (AvgIpc) is 3.48. The van der Waals surface area contributed by atoms with Crippen molar-refractivity contribution >= 4 is 11.7 Å². The third kappa shape index (κ3) is 4.99. The van der Waals surface area contributed by atoms with Gasteiger partial charge in [-0.25, -0.2) is 9.97 Å². The highest BCUT2D eigenvalue weighted by molar-refractivity contribution is 5.92. The van der Waals surface area contributed by atoms with Gasteiger partial charge in [-0.2, -0.15) is 5.10 Å². The zero-order valence-corrected chi connectivity index (χ0v) is 20.9. The highest BCUT2D eigenvalue weighted by Crippen LogP contribution is 2.28. The van der Waals surface area contributed by atoms with Crippen LogP contribution in [-0.4, -0.2) is 66.3 Å². The Morgan fingerprint density at radius 1 is 1.00 bits per heavy atom. The summed E-state index contributed by atoms with van der Waals surface area (Å²) >= 11 is 0. The summed E-state index contributed by atoms with van der Waals surface area (Å²) in [6.07, 6.45) is 8.64. The van der Waals surface area contributed by atoms with Crippen LogP contribution in [0.15, 0.2) is 55.4 Å². The van der Waals surface area contributed by atoms with Crippen LogP contribution in [0.4, 0.5) is 5.82 Å². The fourth-order valence-electron chi connectivity index (χ4n) is 4.45. The van der Waals surface area contributed by atoms with E-state index in [-0.39, 0.29) is 5.91 Å². The quantitative estimate of drug-likeness (QED) is 0.429. The van der Waals surface area contributed by atoms with E-state index in [0.29, 0.717) is 12.2 Å². The number of hydrogen-bond donors (Lipinski definition) is 1. The number of aryl methyl sites for hydroxylation is 2. The second-order valence-electron chi connectivity index (χ2n) is 9.14. The van der Waals surface area contributed by atoms with Crippen LogP contribution in [0, 0.1) is 6.92 Å². The first kappa shape index (κ1) is 23.7. The molecule has 4 heterocycles. The minimum atomic E-state index is -0.145. The molecule has 1 saturated heterocycles. The number of imidazole rings is 1. The molecule has 1 aromatic carbocycles. The number of rotatable bonds is 7. The van der Waals surface area contributed by atoms with Crippen molar-refractivity contribution in [2.45, 2.75) is 20.0 Å². The molecule has 5 rings (SSSR count). The number of carbonyl (C=O) groups excluding carboxylic acids is 1. The van der Waals surface area contributed by atoms with E-state index in [1.807, 2.05) is 42.2 Å². The number of nitrogens with zero attached hydrogens (tertiary/aromatic N) is 8. The summed E-state index contributed by atoms with van der Waals surface area (Å²) in [7, 11) is 3.79. The van der Waals surface area contributed by atoms with Gasteiger partial charge in [0, 0.05) is 82.6 Å². The summed E-state index contributed by atoms with van der Waals surface area (Å²) in [6.45, 7) is 7.17. The monoisotopic (exact) mass is 485 g/mol. The van der Waals surface area contributed by atoms with Gasteiger partial charge in [0.25, 0.3) is 5.91 Å². The predicted octanol–water partition coefficient (Wildman–Crippen LogP) is 2.17. The predicted molar refractivity (Wildman–Crippen MR) is 137 cm³/mol. The number of carbonyl (C=O) groups is 1. The van der Waals surface area contributed by atoms with Crippen LogP contribution in [-0.2, 0) is 27.2 Å². The van der Waals surface area contributed by atoms with Gasteiger partial charge in [0.05, 0.1) is 18.7 Å². The molecule has 0 unspecified atom stereocenters. The van der Waals surface area contributed by atoms with Gasteiger partial charge < -0.3 is 14.8 Å². The van der Waals surface area contributed by atoms with Gasteiger partial charge >= 0.3 is 0 Å². The van der Waals surface area contributed by atoms with E-state index in [0.717, 1.165) is 55.4 Å². The van der Waals surface area contributed by atoms with Gasteiger partial charge in [-0.15, -0.1) is 0 Å². The van der Waals surface area contributed by atoms with Crippen molar-refractivity contribution in [3.05, 3.63) is 77.9 Å². The van der Waals surface area contributed by atoms with E-state index >= 15 is 0 Å². The van der Waals surface area contributed by atoms with Gasteiger partial charge in [-0.05, 0) is 12.5 Å². The Labute approximate surface area is 210 Å². The maximum atomic E-state index is 12.3. The lowest BCUT2D eigenvalue weighted by Gasteiger charge is -2.35. The van der Waals surface area contributed by atoms with E-state index in [1.165, 1.54) is 11.3 Å². The van der Waals surface area contributed by atoms with Gasteiger partial charge in [0.15, 0.2) is 5.82 Å². The number of nitrogens with one attached hydrogen (secondary N) is 1. The fourth-order valence-corrected chi connectivity index (χ4v) is 4.45. The first-order chi connectivity index (χ1) is 17.5. The van der Waals surface area contributed by atoms with Crippen LogP contribution in [0.25, 0.3) is 11.3 Å². The Kier molecular flexibility index (Phi) is 6.77. The molecule has 1 N–H and O–H groups in total. The molecule has 1 aliphatic heterocycles. The third-order valence-corrected chi connectivity index (χ3v) is 6.81. The average molecular weight is 486 g/mol. The highest BCUT2D eigenvalue weighted by atomic mass is 16.1. The standard InChI is InChI=1S/C26H31N9O/c1-19-22(15-31-33(19)3)17-34-10-12-35(13-11-34)25-24(28-8-9-29-25)21-6-4-20(5-7-21)14-30-26(36)23-16-27-18-32(23)2/h4-9,15-16,18H,10-14,17H2,1-3H3,(H,30,36). The minimum absolute atomic E-state index is 0.145. The molecule has 10 nitrogen and oxygen atoms in total. The molecule has 0 atom stereocenters. The molecule has 0 aliphatic carbocycles. The largest absolute Gasteiger partial charge is 0.352 e. The molecule has 0 radical (unpaired) electrons. The van der Waals surface area contributed by atoms with Crippen molar-refractivity contribution in [2.75, 3.05) is 31.1 Å². The molecule has 10 heteroatoms. The van der Waals surface area contributed by atoms with Crippen LogP contribution in [0.5, 0.6) is 0 Å². The van der Waals surface area contributed by atoms with Gasteiger partial charge in [0.2, 0.25) is 0 Å². The molecular formula is C26H31N9O. The molecule has 1 fully saturated rings. The molecule has 1 amide bonds. The second kappa shape index (κ2) is 10.3. The SMILES string of the molecule is Cc1c(CN2CCN(c3nccnc3-c3ccc(CNC(=O)c4cncn4C)cc3)CC2)cnn1C. The normalized spacial score (nSPS) is 14.2. The molecule has 4 aromatic rings. The Balaban J connectivity index is 1.22. The van der Waals surface area contributed by atoms with Gasteiger partial charge in [-0.3, -0.25) is 19.4 Å². The number of amides is 1. The summed E-state index contributed by atoms with van der Waals surface area (Å²) in [5.74, 6) is 0.764. The van der Waals surface area contributed by atoms with Crippen LogP contribution in [0.3, 0.4) is 0 Å². The van der Waals surface area contributed by atoms with Crippen LogP contribution in [0.1, 0.15) is 27.3 Å². The van der Waals surface area contributed by atoms with E-state index in [4.69, 9.17) is 4.98 Å². The summed E-state index contributed by atoms with van der Waals surface area (Å²) in [4.78, 5) is 30.5. The molecule has 0 saturated carbocycles. The van der Waals surface area contributed by atoms with Gasteiger partial charge in [-0.1, -0.05) is 24.3 Å².